The summed E-state index contributed by atoms with van der Waals surface area (Å²) in [5.41, 5.74) is 10.4. The average Bonchev–Trinajstić information content (AvgIpc) is 2.53. The summed E-state index contributed by atoms with van der Waals surface area (Å²) >= 11 is 0. The standard InChI is InChI=1S/C20H20N2/c1-4-17-18(10-7-15-13-22-12-11-19(15)17)14-5-8-16(9-6-14)20(2,3)21/h4-13H,1,21H2,2-3H3. The molecule has 0 saturated heterocycles. The zero-order valence-corrected chi connectivity index (χ0v) is 13.0. The Balaban J connectivity index is 2.16. The predicted octanol–water partition coefficient (Wildman–Crippen LogP) is 4.74. The van der Waals surface area contributed by atoms with Crippen molar-refractivity contribution in [3.63, 3.8) is 0 Å². The minimum Gasteiger partial charge on any atom is -0.322 e. The molecule has 0 aliphatic carbocycles. The molecular weight excluding hydrogens is 268 g/mol. The number of fused-ring (bicyclic) bond motifs is 1. The first-order valence-electron chi connectivity index (χ1n) is 7.39. The Morgan fingerprint density at radius 1 is 1.05 bits per heavy atom. The highest BCUT2D eigenvalue weighted by Gasteiger charge is 2.14. The average molecular weight is 288 g/mol. The van der Waals surface area contributed by atoms with E-state index in [1.165, 1.54) is 16.5 Å². The number of nitrogens with two attached hydrogens (primary N) is 1. The fourth-order valence-corrected chi connectivity index (χ4v) is 2.74. The molecule has 110 valence electrons. The molecule has 0 radical (unpaired) electrons. The Morgan fingerprint density at radius 2 is 1.77 bits per heavy atom. The second-order valence-corrected chi connectivity index (χ2v) is 6.13. The summed E-state index contributed by atoms with van der Waals surface area (Å²) in [5, 5.41) is 2.30. The lowest BCUT2D eigenvalue weighted by Gasteiger charge is -2.19. The quantitative estimate of drug-likeness (QED) is 0.756. The molecule has 1 aromatic heterocycles. The van der Waals surface area contributed by atoms with Crippen LogP contribution in [0.25, 0.3) is 28.0 Å². The highest BCUT2D eigenvalue weighted by Crippen LogP contribution is 2.31. The van der Waals surface area contributed by atoms with Crippen molar-refractivity contribution in [3.05, 3.63) is 72.6 Å². The Kier molecular flexibility index (Phi) is 3.55. The van der Waals surface area contributed by atoms with Gasteiger partial charge in [0.25, 0.3) is 0 Å². The third kappa shape index (κ3) is 2.53. The van der Waals surface area contributed by atoms with Crippen LogP contribution < -0.4 is 5.73 Å². The molecule has 0 spiro atoms. The molecular formula is C20H20N2. The number of pyridine rings is 1. The van der Waals surface area contributed by atoms with Gasteiger partial charge in [-0.15, -0.1) is 0 Å². The maximum atomic E-state index is 6.15. The van der Waals surface area contributed by atoms with Crippen LogP contribution in [0.3, 0.4) is 0 Å². The summed E-state index contributed by atoms with van der Waals surface area (Å²) in [4.78, 5) is 4.18. The highest BCUT2D eigenvalue weighted by atomic mass is 14.7. The van der Waals surface area contributed by atoms with Crippen molar-refractivity contribution >= 4 is 16.8 Å². The van der Waals surface area contributed by atoms with E-state index in [4.69, 9.17) is 5.73 Å². The van der Waals surface area contributed by atoms with E-state index in [0.717, 1.165) is 16.5 Å². The van der Waals surface area contributed by atoms with Crippen molar-refractivity contribution in [2.75, 3.05) is 0 Å². The Bertz CT molecular complexity index is 824. The van der Waals surface area contributed by atoms with Gasteiger partial charge in [0.15, 0.2) is 0 Å². The Hall–Kier alpha value is -2.45. The largest absolute Gasteiger partial charge is 0.322 e. The molecule has 1 heterocycles. The minimum atomic E-state index is -0.325. The first-order chi connectivity index (χ1) is 10.5. The number of benzene rings is 2. The fraction of sp³-hybridized carbons (Fsp3) is 0.150. The molecule has 0 amide bonds. The monoisotopic (exact) mass is 288 g/mol. The number of hydrogen-bond donors (Lipinski definition) is 1. The molecule has 0 fully saturated rings. The molecule has 0 atom stereocenters. The molecule has 0 bridgehead atoms. The van der Waals surface area contributed by atoms with E-state index in [0.29, 0.717) is 0 Å². The van der Waals surface area contributed by atoms with E-state index in [9.17, 15) is 0 Å². The van der Waals surface area contributed by atoms with Crippen molar-refractivity contribution in [1.29, 1.82) is 0 Å². The molecule has 2 heteroatoms. The Morgan fingerprint density at radius 3 is 2.41 bits per heavy atom. The van der Waals surface area contributed by atoms with Crippen LogP contribution in [-0.4, -0.2) is 4.98 Å². The normalized spacial score (nSPS) is 11.6. The second-order valence-electron chi connectivity index (χ2n) is 6.13. The molecule has 2 nitrogen and oxygen atoms in total. The van der Waals surface area contributed by atoms with Crippen molar-refractivity contribution in [2.45, 2.75) is 19.4 Å². The SMILES string of the molecule is C=Cc1c(-c2ccc(C(C)(C)N)cc2)ccc2cnccc12. The van der Waals surface area contributed by atoms with Gasteiger partial charge in [-0.1, -0.05) is 49.1 Å². The van der Waals surface area contributed by atoms with Gasteiger partial charge in [0, 0.05) is 23.3 Å². The van der Waals surface area contributed by atoms with E-state index < -0.39 is 0 Å². The van der Waals surface area contributed by atoms with Gasteiger partial charge in [0.05, 0.1) is 0 Å². The van der Waals surface area contributed by atoms with Crippen LogP contribution in [0.2, 0.25) is 0 Å². The van der Waals surface area contributed by atoms with Gasteiger partial charge in [0.2, 0.25) is 0 Å². The summed E-state index contributed by atoms with van der Waals surface area (Å²) in [6.07, 6.45) is 5.61. The summed E-state index contributed by atoms with van der Waals surface area (Å²) in [6, 6.07) is 14.7. The zero-order valence-electron chi connectivity index (χ0n) is 13.0. The highest BCUT2D eigenvalue weighted by molar-refractivity contribution is 5.96. The van der Waals surface area contributed by atoms with Crippen LogP contribution >= 0.6 is 0 Å². The number of aromatic nitrogens is 1. The summed E-state index contributed by atoms with van der Waals surface area (Å²) < 4.78 is 0. The fourth-order valence-electron chi connectivity index (χ4n) is 2.74. The maximum absolute atomic E-state index is 6.15. The minimum absolute atomic E-state index is 0.325. The summed E-state index contributed by atoms with van der Waals surface area (Å²) in [5.74, 6) is 0. The van der Waals surface area contributed by atoms with E-state index in [1.54, 1.807) is 0 Å². The molecule has 2 N–H and O–H groups in total. The van der Waals surface area contributed by atoms with E-state index in [2.05, 4.69) is 48.0 Å². The number of hydrogen-bond acceptors (Lipinski definition) is 2. The molecule has 0 aliphatic rings. The molecule has 0 unspecified atom stereocenters. The topological polar surface area (TPSA) is 38.9 Å². The van der Waals surface area contributed by atoms with Crippen molar-refractivity contribution < 1.29 is 0 Å². The van der Waals surface area contributed by atoms with Crippen LogP contribution in [-0.2, 0) is 5.54 Å². The predicted molar refractivity (Wildman–Crippen MR) is 94.5 cm³/mol. The first kappa shape index (κ1) is 14.5. The smallest absolute Gasteiger partial charge is 0.0352 e. The second kappa shape index (κ2) is 5.39. The van der Waals surface area contributed by atoms with Gasteiger partial charge >= 0.3 is 0 Å². The summed E-state index contributed by atoms with van der Waals surface area (Å²) in [7, 11) is 0. The molecule has 22 heavy (non-hydrogen) atoms. The first-order valence-corrected chi connectivity index (χ1v) is 7.39. The van der Waals surface area contributed by atoms with Gasteiger partial charge in [-0.3, -0.25) is 4.98 Å². The van der Waals surface area contributed by atoms with Crippen LogP contribution in [0, 0.1) is 0 Å². The lowest BCUT2D eigenvalue weighted by atomic mass is 9.91. The van der Waals surface area contributed by atoms with E-state index in [1.807, 2.05) is 38.4 Å². The van der Waals surface area contributed by atoms with Crippen LogP contribution in [0.5, 0.6) is 0 Å². The lowest BCUT2D eigenvalue weighted by molar-refractivity contribution is 0.554. The van der Waals surface area contributed by atoms with Crippen molar-refractivity contribution in [3.8, 4) is 11.1 Å². The van der Waals surface area contributed by atoms with E-state index >= 15 is 0 Å². The van der Waals surface area contributed by atoms with Crippen molar-refractivity contribution in [1.82, 2.24) is 4.98 Å². The molecule has 2 aromatic carbocycles. The third-order valence-corrected chi connectivity index (χ3v) is 4.01. The van der Waals surface area contributed by atoms with Gasteiger partial charge < -0.3 is 5.73 Å². The molecule has 0 aliphatic heterocycles. The van der Waals surface area contributed by atoms with E-state index in [-0.39, 0.29) is 5.54 Å². The van der Waals surface area contributed by atoms with Gasteiger partial charge in [0.1, 0.15) is 0 Å². The van der Waals surface area contributed by atoms with Crippen LogP contribution in [0.4, 0.5) is 0 Å². The van der Waals surface area contributed by atoms with Gasteiger partial charge in [-0.2, -0.15) is 0 Å². The molecule has 3 aromatic rings. The third-order valence-electron chi connectivity index (χ3n) is 4.01. The van der Waals surface area contributed by atoms with Crippen LogP contribution in [0.1, 0.15) is 25.0 Å². The maximum Gasteiger partial charge on any atom is 0.0352 e. The number of rotatable bonds is 3. The van der Waals surface area contributed by atoms with Crippen LogP contribution in [0.15, 0.2) is 61.4 Å². The molecule has 0 saturated carbocycles. The Labute approximate surface area is 131 Å². The summed E-state index contributed by atoms with van der Waals surface area (Å²) in [6.45, 7) is 8.01. The molecule has 3 rings (SSSR count). The zero-order chi connectivity index (χ0) is 15.7. The number of nitrogens with zero attached hydrogens (tertiary/aromatic N) is 1. The van der Waals surface area contributed by atoms with Crippen molar-refractivity contribution in [2.24, 2.45) is 5.73 Å². The lowest BCUT2D eigenvalue weighted by Crippen LogP contribution is -2.28. The van der Waals surface area contributed by atoms with Gasteiger partial charge in [-0.25, -0.2) is 0 Å². The van der Waals surface area contributed by atoms with Gasteiger partial charge in [-0.05, 0) is 47.6 Å².